The summed E-state index contributed by atoms with van der Waals surface area (Å²) in [5, 5.41) is 0. The number of hydrogen-bond acceptors (Lipinski definition) is 1. The van der Waals surface area contributed by atoms with Crippen LogP contribution in [0.5, 0.6) is 0 Å². The lowest BCUT2D eigenvalue weighted by molar-refractivity contribution is 0.282. The molecule has 2 fully saturated rings. The highest BCUT2D eigenvalue weighted by Crippen LogP contribution is 2.68. The van der Waals surface area contributed by atoms with E-state index in [0.717, 1.165) is 5.92 Å². The Morgan fingerprint density at radius 3 is 2.50 bits per heavy atom. The Kier molecular flexibility index (Phi) is 0.663. The van der Waals surface area contributed by atoms with E-state index >= 15 is 0 Å². The molecule has 3 unspecified atom stereocenters. The maximum absolute atomic E-state index is 5.82. The van der Waals surface area contributed by atoms with Gasteiger partial charge in [-0.3, -0.25) is 0 Å². The average molecular weight is 111 g/mol. The topological polar surface area (TPSA) is 26.0 Å². The van der Waals surface area contributed by atoms with Crippen LogP contribution in [0.3, 0.4) is 0 Å². The lowest BCUT2D eigenvalue weighted by Gasteiger charge is -2.22. The molecule has 3 atom stereocenters. The molecule has 0 bridgehead atoms. The van der Waals surface area contributed by atoms with Gasteiger partial charge in [-0.25, -0.2) is 0 Å². The van der Waals surface area contributed by atoms with E-state index in [-0.39, 0.29) is 0 Å². The van der Waals surface area contributed by atoms with Crippen LogP contribution in [-0.4, -0.2) is 6.04 Å². The summed E-state index contributed by atoms with van der Waals surface area (Å²) in [6, 6.07) is 0.590. The van der Waals surface area contributed by atoms with Crippen molar-refractivity contribution in [3.8, 4) is 0 Å². The molecule has 0 saturated heterocycles. The molecule has 0 heterocycles. The maximum atomic E-state index is 5.82. The van der Waals surface area contributed by atoms with E-state index in [1.54, 1.807) is 0 Å². The SMILES string of the molecule is CCC12CCC1C2N. The highest BCUT2D eigenvalue weighted by Gasteiger charge is 2.67. The van der Waals surface area contributed by atoms with Crippen molar-refractivity contribution in [2.75, 3.05) is 0 Å². The smallest absolute Gasteiger partial charge is 0.0133 e. The van der Waals surface area contributed by atoms with Gasteiger partial charge in [0.1, 0.15) is 0 Å². The molecule has 46 valence electrons. The lowest BCUT2D eigenvalue weighted by Crippen LogP contribution is -2.15. The van der Waals surface area contributed by atoms with E-state index < -0.39 is 0 Å². The molecular weight excluding hydrogens is 98.1 g/mol. The molecule has 2 rings (SSSR count). The summed E-state index contributed by atoms with van der Waals surface area (Å²) in [5.74, 6) is 0.937. The Bertz CT molecular complexity index is 112. The van der Waals surface area contributed by atoms with E-state index in [1.165, 1.54) is 19.3 Å². The molecule has 8 heavy (non-hydrogen) atoms. The highest BCUT2D eigenvalue weighted by molar-refractivity contribution is 5.20. The zero-order valence-corrected chi connectivity index (χ0v) is 5.35. The minimum Gasteiger partial charge on any atom is -0.327 e. The van der Waals surface area contributed by atoms with E-state index in [4.69, 9.17) is 5.73 Å². The summed E-state index contributed by atoms with van der Waals surface area (Å²) in [6.07, 6.45) is 4.14. The summed E-state index contributed by atoms with van der Waals surface area (Å²) in [4.78, 5) is 0. The van der Waals surface area contributed by atoms with Crippen molar-refractivity contribution in [2.24, 2.45) is 17.1 Å². The molecule has 2 N–H and O–H groups in total. The Hall–Kier alpha value is -0.0400. The highest BCUT2D eigenvalue weighted by atomic mass is 14.9. The first-order chi connectivity index (χ1) is 3.81. The Morgan fingerprint density at radius 1 is 1.75 bits per heavy atom. The third-order valence-electron chi connectivity index (χ3n) is 3.31. The zero-order chi connectivity index (χ0) is 5.78. The van der Waals surface area contributed by atoms with Crippen molar-refractivity contribution in [3.05, 3.63) is 0 Å². The lowest BCUT2D eigenvalue weighted by atomic mass is 9.83. The minimum atomic E-state index is 0.590. The Morgan fingerprint density at radius 2 is 2.50 bits per heavy atom. The second-order valence-corrected chi connectivity index (χ2v) is 3.26. The summed E-state index contributed by atoms with van der Waals surface area (Å²) in [5.41, 5.74) is 6.48. The molecule has 0 radical (unpaired) electrons. The fraction of sp³-hybridized carbons (Fsp3) is 1.00. The van der Waals surface area contributed by atoms with E-state index in [2.05, 4.69) is 6.92 Å². The van der Waals surface area contributed by atoms with Crippen LogP contribution in [0.4, 0.5) is 0 Å². The fourth-order valence-corrected chi connectivity index (χ4v) is 2.31. The van der Waals surface area contributed by atoms with Crippen LogP contribution in [0.15, 0.2) is 0 Å². The van der Waals surface area contributed by atoms with Crippen molar-refractivity contribution in [3.63, 3.8) is 0 Å². The molecule has 0 spiro atoms. The zero-order valence-electron chi connectivity index (χ0n) is 5.35. The van der Waals surface area contributed by atoms with Crippen LogP contribution in [0.2, 0.25) is 0 Å². The number of hydrogen-bond donors (Lipinski definition) is 1. The van der Waals surface area contributed by atoms with Gasteiger partial charge in [-0.05, 0) is 30.6 Å². The van der Waals surface area contributed by atoms with Crippen LogP contribution in [0.1, 0.15) is 26.2 Å². The summed E-state index contributed by atoms with van der Waals surface area (Å²) in [7, 11) is 0. The Balaban J connectivity index is 2.11. The van der Waals surface area contributed by atoms with Gasteiger partial charge in [0.05, 0.1) is 0 Å². The number of rotatable bonds is 1. The molecule has 1 heteroatoms. The molecule has 1 nitrogen and oxygen atoms in total. The fourth-order valence-electron chi connectivity index (χ4n) is 2.31. The van der Waals surface area contributed by atoms with Crippen molar-refractivity contribution >= 4 is 0 Å². The average Bonchev–Trinajstić information content (AvgIpc) is 2.02. The standard InChI is InChI=1S/C7H13N/c1-2-7-4-3-5(7)6(7)8/h5-6H,2-4,8H2,1H3. The van der Waals surface area contributed by atoms with Crippen molar-refractivity contribution in [1.29, 1.82) is 0 Å². The van der Waals surface area contributed by atoms with Gasteiger partial charge in [-0.15, -0.1) is 0 Å². The number of nitrogens with two attached hydrogens (primary N) is 1. The van der Waals surface area contributed by atoms with Crippen molar-refractivity contribution in [2.45, 2.75) is 32.2 Å². The van der Waals surface area contributed by atoms with E-state index in [1.807, 2.05) is 0 Å². The quantitative estimate of drug-likeness (QED) is 0.539. The summed E-state index contributed by atoms with van der Waals surface area (Å²) < 4.78 is 0. The Labute approximate surface area is 50.3 Å². The van der Waals surface area contributed by atoms with Crippen LogP contribution in [-0.2, 0) is 0 Å². The van der Waals surface area contributed by atoms with Crippen LogP contribution in [0.25, 0.3) is 0 Å². The minimum absolute atomic E-state index is 0.590. The van der Waals surface area contributed by atoms with Gasteiger partial charge in [0.25, 0.3) is 0 Å². The van der Waals surface area contributed by atoms with Crippen molar-refractivity contribution in [1.82, 2.24) is 0 Å². The largest absolute Gasteiger partial charge is 0.327 e. The number of fused-ring (bicyclic) bond motifs is 1. The third kappa shape index (κ3) is 0.278. The monoisotopic (exact) mass is 111 g/mol. The molecule has 2 aliphatic rings. The molecule has 2 aliphatic carbocycles. The van der Waals surface area contributed by atoms with Gasteiger partial charge < -0.3 is 5.73 Å². The first kappa shape index (κ1) is 4.80. The predicted octanol–water partition coefficient (Wildman–Crippen LogP) is 1.13. The first-order valence-electron chi connectivity index (χ1n) is 3.57. The third-order valence-corrected chi connectivity index (χ3v) is 3.31. The second-order valence-electron chi connectivity index (χ2n) is 3.26. The molecule has 0 aromatic heterocycles. The van der Waals surface area contributed by atoms with Gasteiger partial charge in [-0.2, -0.15) is 0 Å². The van der Waals surface area contributed by atoms with Gasteiger partial charge in [0, 0.05) is 6.04 Å². The summed E-state index contributed by atoms with van der Waals surface area (Å²) in [6.45, 7) is 2.26. The first-order valence-corrected chi connectivity index (χ1v) is 3.57. The molecule has 0 aromatic rings. The maximum Gasteiger partial charge on any atom is 0.0133 e. The van der Waals surface area contributed by atoms with E-state index in [9.17, 15) is 0 Å². The van der Waals surface area contributed by atoms with Crippen LogP contribution < -0.4 is 5.73 Å². The molecule has 0 aliphatic heterocycles. The van der Waals surface area contributed by atoms with Crippen molar-refractivity contribution < 1.29 is 0 Å². The predicted molar refractivity (Wildman–Crippen MR) is 33.4 cm³/mol. The normalized spacial score (nSPS) is 59.2. The van der Waals surface area contributed by atoms with Crippen LogP contribution >= 0.6 is 0 Å². The molecule has 0 amide bonds. The van der Waals surface area contributed by atoms with Gasteiger partial charge >= 0.3 is 0 Å². The van der Waals surface area contributed by atoms with Gasteiger partial charge in [0.2, 0.25) is 0 Å². The van der Waals surface area contributed by atoms with Gasteiger partial charge in [0.15, 0.2) is 0 Å². The van der Waals surface area contributed by atoms with Crippen LogP contribution in [0, 0.1) is 11.3 Å². The second kappa shape index (κ2) is 1.10. The van der Waals surface area contributed by atoms with E-state index in [0.29, 0.717) is 11.5 Å². The molecule has 0 aromatic carbocycles. The molecular formula is C7H13N. The molecule has 2 saturated carbocycles. The van der Waals surface area contributed by atoms with Gasteiger partial charge in [-0.1, -0.05) is 6.92 Å². The summed E-state index contributed by atoms with van der Waals surface area (Å²) >= 11 is 0.